The van der Waals surface area contributed by atoms with Crippen molar-refractivity contribution >= 4 is 0 Å². The Hall–Kier alpha value is -0.900. The minimum Gasteiger partial charge on any atom is -0.390 e. The SMILES string of the molecule is O[C@@H]1C[N]C[C@H]1NCc1ccccc1. The van der Waals surface area contributed by atoms with E-state index in [0.29, 0.717) is 6.54 Å². The first-order chi connectivity index (χ1) is 6.86. The molecule has 1 heterocycles. The second-order valence-corrected chi connectivity index (χ2v) is 3.63. The Labute approximate surface area is 84.1 Å². The lowest BCUT2D eigenvalue weighted by atomic mass is 10.2. The lowest BCUT2D eigenvalue weighted by Gasteiger charge is -2.14. The van der Waals surface area contributed by atoms with Crippen LogP contribution in [0.3, 0.4) is 0 Å². The molecule has 1 fully saturated rings. The number of benzene rings is 1. The highest BCUT2D eigenvalue weighted by atomic mass is 16.3. The van der Waals surface area contributed by atoms with Gasteiger partial charge in [-0.3, -0.25) is 0 Å². The van der Waals surface area contributed by atoms with E-state index in [0.717, 1.165) is 13.1 Å². The fourth-order valence-corrected chi connectivity index (χ4v) is 1.64. The minimum atomic E-state index is -0.307. The molecule has 0 amide bonds. The summed E-state index contributed by atoms with van der Waals surface area (Å²) < 4.78 is 0. The minimum absolute atomic E-state index is 0.134. The van der Waals surface area contributed by atoms with E-state index in [9.17, 15) is 5.11 Å². The van der Waals surface area contributed by atoms with Gasteiger partial charge in [0.25, 0.3) is 0 Å². The molecule has 0 bridgehead atoms. The third-order valence-electron chi connectivity index (χ3n) is 2.52. The Morgan fingerprint density at radius 1 is 1.29 bits per heavy atom. The van der Waals surface area contributed by atoms with Crippen molar-refractivity contribution in [2.24, 2.45) is 0 Å². The van der Waals surface area contributed by atoms with Crippen LogP contribution in [0, 0.1) is 0 Å². The van der Waals surface area contributed by atoms with Gasteiger partial charge >= 0.3 is 0 Å². The van der Waals surface area contributed by atoms with Gasteiger partial charge in [-0.1, -0.05) is 30.3 Å². The highest BCUT2D eigenvalue weighted by molar-refractivity contribution is 5.14. The molecule has 0 aromatic heterocycles. The van der Waals surface area contributed by atoms with Crippen LogP contribution in [0.2, 0.25) is 0 Å². The van der Waals surface area contributed by atoms with Gasteiger partial charge in [0.15, 0.2) is 0 Å². The van der Waals surface area contributed by atoms with Gasteiger partial charge in [0, 0.05) is 25.7 Å². The van der Waals surface area contributed by atoms with Gasteiger partial charge in [-0.05, 0) is 5.56 Å². The third-order valence-corrected chi connectivity index (χ3v) is 2.52. The molecule has 0 spiro atoms. The monoisotopic (exact) mass is 191 g/mol. The third kappa shape index (κ3) is 2.32. The number of rotatable bonds is 3. The van der Waals surface area contributed by atoms with Crippen molar-refractivity contribution in [2.75, 3.05) is 13.1 Å². The fourth-order valence-electron chi connectivity index (χ4n) is 1.64. The zero-order valence-electron chi connectivity index (χ0n) is 8.06. The fraction of sp³-hybridized carbons (Fsp3) is 0.455. The van der Waals surface area contributed by atoms with E-state index in [1.165, 1.54) is 5.56 Å². The maximum Gasteiger partial charge on any atom is 0.0847 e. The molecule has 14 heavy (non-hydrogen) atoms. The lowest BCUT2D eigenvalue weighted by Crippen LogP contribution is -2.38. The van der Waals surface area contributed by atoms with E-state index < -0.39 is 0 Å². The zero-order chi connectivity index (χ0) is 9.80. The van der Waals surface area contributed by atoms with Crippen LogP contribution in [0.5, 0.6) is 0 Å². The smallest absolute Gasteiger partial charge is 0.0847 e. The molecule has 3 nitrogen and oxygen atoms in total. The van der Waals surface area contributed by atoms with Crippen molar-refractivity contribution in [2.45, 2.75) is 18.7 Å². The molecule has 2 rings (SSSR count). The van der Waals surface area contributed by atoms with Gasteiger partial charge in [-0.15, -0.1) is 0 Å². The molecule has 2 atom stereocenters. The van der Waals surface area contributed by atoms with Gasteiger partial charge < -0.3 is 10.4 Å². The van der Waals surface area contributed by atoms with Gasteiger partial charge in [0.1, 0.15) is 0 Å². The second kappa shape index (κ2) is 4.55. The van der Waals surface area contributed by atoms with Crippen LogP contribution < -0.4 is 10.6 Å². The molecule has 2 N–H and O–H groups in total. The topological polar surface area (TPSA) is 46.4 Å². The summed E-state index contributed by atoms with van der Waals surface area (Å²) in [4.78, 5) is 0. The van der Waals surface area contributed by atoms with Crippen molar-refractivity contribution in [3.05, 3.63) is 35.9 Å². The zero-order valence-corrected chi connectivity index (χ0v) is 8.06. The second-order valence-electron chi connectivity index (χ2n) is 3.63. The molecule has 0 saturated carbocycles. The molecule has 1 aromatic carbocycles. The van der Waals surface area contributed by atoms with Crippen LogP contribution in [-0.4, -0.2) is 30.3 Å². The van der Waals surface area contributed by atoms with E-state index in [1.807, 2.05) is 18.2 Å². The van der Waals surface area contributed by atoms with Crippen LogP contribution in [0.1, 0.15) is 5.56 Å². The summed E-state index contributed by atoms with van der Waals surface area (Å²) in [6.45, 7) is 2.11. The molecular weight excluding hydrogens is 176 g/mol. The maximum absolute atomic E-state index is 9.51. The van der Waals surface area contributed by atoms with Crippen molar-refractivity contribution < 1.29 is 5.11 Å². The maximum atomic E-state index is 9.51. The largest absolute Gasteiger partial charge is 0.390 e. The predicted molar refractivity (Wildman–Crippen MR) is 54.9 cm³/mol. The Kier molecular flexibility index (Phi) is 3.14. The van der Waals surface area contributed by atoms with Crippen molar-refractivity contribution in [1.82, 2.24) is 10.6 Å². The van der Waals surface area contributed by atoms with E-state index in [4.69, 9.17) is 0 Å². The first kappa shape index (κ1) is 9.65. The van der Waals surface area contributed by atoms with Crippen LogP contribution >= 0.6 is 0 Å². The van der Waals surface area contributed by atoms with Gasteiger partial charge in [0.2, 0.25) is 0 Å². The summed E-state index contributed by atoms with van der Waals surface area (Å²) in [5.74, 6) is 0. The molecule has 0 aliphatic carbocycles. The lowest BCUT2D eigenvalue weighted by molar-refractivity contribution is 0.162. The molecule has 1 aliphatic rings. The number of hydrogen-bond acceptors (Lipinski definition) is 2. The normalized spacial score (nSPS) is 26.6. The molecule has 0 unspecified atom stereocenters. The number of aliphatic hydroxyl groups is 1. The molecule has 1 radical (unpaired) electrons. The number of aliphatic hydroxyl groups excluding tert-OH is 1. The molecular formula is C11H15N2O. The Morgan fingerprint density at radius 3 is 2.71 bits per heavy atom. The van der Waals surface area contributed by atoms with E-state index in [2.05, 4.69) is 22.8 Å². The van der Waals surface area contributed by atoms with Crippen LogP contribution in [0.4, 0.5) is 0 Å². The molecule has 3 heteroatoms. The van der Waals surface area contributed by atoms with Crippen LogP contribution in [-0.2, 0) is 6.54 Å². The average molecular weight is 191 g/mol. The highest BCUT2D eigenvalue weighted by Crippen LogP contribution is 2.03. The van der Waals surface area contributed by atoms with Crippen LogP contribution in [0.15, 0.2) is 30.3 Å². The molecule has 1 aromatic rings. The number of nitrogens with zero attached hydrogens (tertiary/aromatic N) is 1. The first-order valence-corrected chi connectivity index (χ1v) is 4.95. The summed E-state index contributed by atoms with van der Waals surface area (Å²) in [5, 5.41) is 17.0. The van der Waals surface area contributed by atoms with Gasteiger partial charge in [-0.2, -0.15) is 0 Å². The van der Waals surface area contributed by atoms with E-state index in [-0.39, 0.29) is 12.1 Å². The molecule has 1 saturated heterocycles. The standard InChI is InChI=1S/C11H15N2O/c14-11-8-12-7-10(11)13-6-9-4-2-1-3-5-9/h1-5,10-11,13-14H,6-8H2/t10-,11-/m1/s1. The molecule has 1 aliphatic heterocycles. The Bertz CT molecular complexity index is 276. The highest BCUT2D eigenvalue weighted by Gasteiger charge is 2.24. The Balaban J connectivity index is 1.82. The van der Waals surface area contributed by atoms with E-state index >= 15 is 0 Å². The summed E-state index contributed by atoms with van der Waals surface area (Å²) in [6.07, 6.45) is -0.307. The van der Waals surface area contributed by atoms with E-state index in [1.54, 1.807) is 0 Å². The molecule has 75 valence electrons. The summed E-state index contributed by atoms with van der Waals surface area (Å²) >= 11 is 0. The number of nitrogens with one attached hydrogen (secondary N) is 1. The number of hydrogen-bond donors (Lipinski definition) is 2. The van der Waals surface area contributed by atoms with Crippen molar-refractivity contribution in [3.8, 4) is 0 Å². The first-order valence-electron chi connectivity index (χ1n) is 4.95. The van der Waals surface area contributed by atoms with Gasteiger partial charge in [-0.25, -0.2) is 5.32 Å². The van der Waals surface area contributed by atoms with Crippen molar-refractivity contribution in [3.63, 3.8) is 0 Å². The quantitative estimate of drug-likeness (QED) is 0.713. The summed E-state index contributed by atoms with van der Waals surface area (Å²) in [5.41, 5.74) is 1.24. The summed E-state index contributed by atoms with van der Waals surface area (Å²) in [7, 11) is 0. The van der Waals surface area contributed by atoms with Crippen LogP contribution in [0.25, 0.3) is 0 Å². The summed E-state index contributed by atoms with van der Waals surface area (Å²) in [6, 6.07) is 10.3. The van der Waals surface area contributed by atoms with Crippen molar-refractivity contribution in [1.29, 1.82) is 0 Å². The van der Waals surface area contributed by atoms with Gasteiger partial charge in [0.05, 0.1) is 6.10 Å². The average Bonchev–Trinajstić information content (AvgIpc) is 2.63. The predicted octanol–water partition coefficient (Wildman–Crippen LogP) is 0.124. The Morgan fingerprint density at radius 2 is 2.07 bits per heavy atom.